The molecular formula is C25H23F4N5O2S2. The van der Waals surface area contributed by atoms with Gasteiger partial charge in [-0.05, 0) is 36.4 Å². The Kier molecular flexibility index (Phi) is 7.70. The van der Waals surface area contributed by atoms with E-state index in [0.717, 1.165) is 12.1 Å². The second-order valence-corrected chi connectivity index (χ2v) is 11.8. The molecule has 0 fully saturated rings. The normalized spacial score (nSPS) is 12.0. The Balaban J connectivity index is 1.82. The van der Waals surface area contributed by atoms with Gasteiger partial charge < -0.3 is 5.32 Å². The maximum Gasteiger partial charge on any atom is 0.265 e. The number of halogens is 4. The van der Waals surface area contributed by atoms with Crippen molar-refractivity contribution in [3.63, 3.8) is 0 Å². The molecule has 0 aliphatic carbocycles. The molecule has 2 heterocycles. The Hall–Kier alpha value is -3.58. The minimum atomic E-state index is -4.67. The molecule has 0 atom stereocenters. The van der Waals surface area contributed by atoms with Gasteiger partial charge in [0, 0.05) is 23.7 Å². The minimum Gasteiger partial charge on any atom is -0.352 e. The molecule has 200 valence electrons. The highest BCUT2D eigenvalue weighted by molar-refractivity contribution is 7.92. The molecule has 2 aromatic heterocycles. The molecule has 0 bridgehead atoms. The molecule has 0 spiro atoms. The van der Waals surface area contributed by atoms with Gasteiger partial charge in [0.1, 0.15) is 23.2 Å². The highest BCUT2D eigenvalue weighted by Crippen LogP contribution is 2.42. The summed E-state index contributed by atoms with van der Waals surface area (Å²) in [4.78, 5) is 12.6. The van der Waals surface area contributed by atoms with Crippen LogP contribution in [0, 0.1) is 17.5 Å². The fourth-order valence-corrected chi connectivity index (χ4v) is 5.66. The molecule has 4 aromatic rings. The monoisotopic (exact) mass is 565 g/mol. The van der Waals surface area contributed by atoms with E-state index >= 15 is 4.39 Å². The predicted octanol–water partition coefficient (Wildman–Crippen LogP) is 6.16. The van der Waals surface area contributed by atoms with Crippen LogP contribution < -0.4 is 10.0 Å². The van der Waals surface area contributed by atoms with Crippen molar-refractivity contribution in [1.29, 1.82) is 0 Å². The Morgan fingerprint density at radius 2 is 1.79 bits per heavy atom. The third-order valence-electron chi connectivity index (χ3n) is 5.22. The second kappa shape index (κ2) is 10.7. The minimum absolute atomic E-state index is 0.00890. The van der Waals surface area contributed by atoms with Gasteiger partial charge in [-0.1, -0.05) is 26.8 Å². The maximum absolute atomic E-state index is 15.8. The van der Waals surface area contributed by atoms with Crippen molar-refractivity contribution in [2.75, 3.05) is 23.3 Å². The van der Waals surface area contributed by atoms with E-state index in [2.05, 4.69) is 20.3 Å². The lowest BCUT2D eigenvalue weighted by Crippen LogP contribution is -2.16. The van der Waals surface area contributed by atoms with Crippen molar-refractivity contribution in [3.8, 4) is 21.8 Å². The summed E-state index contributed by atoms with van der Waals surface area (Å²) in [6, 6.07) is 7.55. The van der Waals surface area contributed by atoms with Crippen LogP contribution in [0.2, 0.25) is 0 Å². The number of thiazole rings is 1. The highest BCUT2D eigenvalue weighted by atomic mass is 32.2. The number of hydrogen-bond acceptors (Lipinski definition) is 7. The van der Waals surface area contributed by atoms with Gasteiger partial charge in [0.15, 0.2) is 5.82 Å². The molecule has 2 N–H and O–H groups in total. The van der Waals surface area contributed by atoms with Crippen LogP contribution in [0.25, 0.3) is 21.8 Å². The van der Waals surface area contributed by atoms with Crippen LogP contribution in [0.5, 0.6) is 0 Å². The molecule has 38 heavy (non-hydrogen) atoms. The third-order valence-corrected chi connectivity index (χ3v) is 8.10. The molecule has 0 amide bonds. The molecule has 0 saturated carbocycles. The molecule has 4 rings (SSSR count). The van der Waals surface area contributed by atoms with Gasteiger partial charge in [0.25, 0.3) is 10.0 Å². The smallest absolute Gasteiger partial charge is 0.265 e. The van der Waals surface area contributed by atoms with Crippen LogP contribution in [-0.4, -0.2) is 36.6 Å². The van der Waals surface area contributed by atoms with Crippen molar-refractivity contribution < 1.29 is 26.0 Å². The van der Waals surface area contributed by atoms with Gasteiger partial charge in [0.2, 0.25) is 5.95 Å². The largest absolute Gasteiger partial charge is 0.352 e. The standard InChI is InChI=1S/C25H23F4N5O2S2/c1-25(2,3)23-33-21(22(37-23)18-9-11-30-24(32-18)31-12-10-26)15-5-4-6-17(20(15)29)34-38(35,36)19-13-14(27)7-8-16(19)28/h4-9,11,13,34H,10,12H2,1-3H3,(H,30,31,32). The summed E-state index contributed by atoms with van der Waals surface area (Å²) in [7, 11) is -4.67. The number of anilines is 2. The topological polar surface area (TPSA) is 96.9 Å². The van der Waals surface area contributed by atoms with Crippen molar-refractivity contribution in [2.24, 2.45) is 0 Å². The zero-order chi connectivity index (χ0) is 27.7. The van der Waals surface area contributed by atoms with Crippen LogP contribution in [0.3, 0.4) is 0 Å². The van der Waals surface area contributed by atoms with Crippen LogP contribution in [0.15, 0.2) is 53.6 Å². The average molecular weight is 566 g/mol. The van der Waals surface area contributed by atoms with Crippen molar-refractivity contribution >= 4 is 33.0 Å². The zero-order valence-electron chi connectivity index (χ0n) is 20.5. The average Bonchev–Trinajstić information content (AvgIpc) is 3.31. The van der Waals surface area contributed by atoms with Gasteiger partial charge >= 0.3 is 0 Å². The Morgan fingerprint density at radius 1 is 1.03 bits per heavy atom. The summed E-state index contributed by atoms with van der Waals surface area (Å²) >= 11 is 1.28. The van der Waals surface area contributed by atoms with Crippen LogP contribution in [0.4, 0.5) is 29.2 Å². The van der Waals surface area contributed by atoms with E-state index in [0.29, 0.717) is 27.7 Å². The van der Waals surface area contributed by atoms with Gasteiger partial charge in [-0.15, -0.1) is 11.3 Å². The number of benzene rings is 2. The maximum atomic E-state index is 15.8. The van der Waals surface area contributed by atoms with E-state index in [1.807, 2.05) is 25.5 Å². The highest BCUT2D eigenvalue weighted by Gasteiger charge is 2.27. The first kappa shape index (κ1) is 27.5. The molecule has 0 unspecified atom stereocenters. The first-order valence-corrected chi connectivity index (χ1v) is 13.6. The van der Waals surface area contributed by atoms with E-state index in [1.165, 1.54) is 29.7 Å². The van der Waals surface area contributed by atoms with E-state index in [4.69, 9.17) is 0 Å². The Labute approximate surface area is 221 Å². The lowest BCUT2D eigenvalue weighted by Gasteiger charge is -2.14. The number of nitrogens with zero attached hydrogens (tertiary/aromatic N) is 3. The van der Waals surface area contributed by atoms with Gasteiger partial charge in [-0.25, -0.2) is 40.9 Å². The summed E-state index contributed by atoms with van der Waals surface area (Å²) in [5.74, 6) is -2.94. The molecule has 2 aromatic carbocycles. The SMILES string of the molecule is CC(C)(C)c1nc(-c2cccc(NS(=O)(=O)c3cc(F)ccc3F)c2F)c(-c2ccnc(NCCF)n2)s1. The van der Waals surface area contributed by atoms with E-state index < -0.39 is 50.1 Å². The summed E-state index contributed by atoms with van der Waals surface area (Å²) in [5.41, 5.74) is -0.328. The number of nitrogens with one attached hydrogen (secondary N) is 2. The van der Waals surface area contributed by atoms with E-state index in [9.17, 15) is 21.6 Å². The quantitative estimate of drug-likeness (QED) is 0.248. The summed E-state index contributed by atoms with van der Waals surface area (Å²) < 4.78 is 83.7. The van der Waals surface area contributed by atoms with Gasteiger partial charge in [0.05, 0.1) is 27.0 Å². The molecule has 0 saturated heterocycles. The first-order valence-electron chi connectivity index (χ1n) is 11.3. The van der Waals surface area contributed by atoms with E-state index in [-0.39, 0.29) is 23.8 Å². The first-order chi connectivity index (χ1) is 17.9. The lowest BCUT2D eigenvalue weighted by atomic mass is 9.98. The predicted molar refractivity (Wildman–Crippen MR) is 139 cm³/mol. The molecule has 13 heteroatoms. The number of aromatic nitrogens is 3. The fraction of sp³-hybridized carbons (Fsp3) is 0.240. The van der Waals surface area contributed by atoms with E-state index in [1.54, 1.807) is 6.07 Å². The van der Waals surface area contributed by atoms with Crippen LogP contribution in [0.1, 0.15) is 25.8 Å². The molecular weight excluding hydrogens is 542 g/mol. The molecule has 0 radical (unpaired) electrons. The number of hydrogen-bond donors (Lipinski definition) is 2. The third kappa shape index (κ3) is 5.78. The van der Waals surface area contributed by atoms with Crippen LogP contribution >= 0.6 is 11.3 Å². The second-order valence-electron chi connectivity index (χ2n) is 9.18. The van der Waals surface area contributed by atoms with Gasteiger partial charge in [-0.3, -0.25) is 4.72 Å². The van der Waals surface area contributed by atoms with Gasteiger partial charge in [-0.2, -0.15) is 0 Å². The Bertz CT molecular complexity index is 1590. The molecule has 7 nitrogen and oxygen atoms in total. The summed E-state index contributed by atoms with van der Waals surface area (Å²) in [6.45, 7) is 5.18. The van der Waals surface area contributed by atoms with Crippen molar-refractivity contribution in [3.05, 3.63) is 71.1 Å². The summed E-state index contributed by atoms with van der Waals surface area (Å²) in [6.07, 6.45) is 1.47. The van der Waals surface area contributed by atoms with Crippen LogP contribution in [-0.2, 0) is 15.4 Å². The lowest BCUT2D eigenvalue weighted by molar-refractivity contribution is 0.512. The molecule has 0 aliphatic rings. The molecule has 0 aliphatic heterocycles. The number of rotatable bonds is 8. The fourth-order valence-electron chi connectivity index (χ4n) is 3.40. The number of sulfonamides is 1. The van der Waals surface area contributed by atoms with Crippen molar-refractivity contribution in [2.45, 2.75) is 31.1 Å². The Morgan fingerprint density at radius 3 is 2.50 bits per heavy atom. The zero-order valence-corrected chi connectivity index (χ0v) is 22.2. The number of alkyl halides is 1. The van der Waals surface area contributed by atoms with Crippen molar-refractivity contribution in [1.82, 2.24) is 15.0 Å². The summed E-state index contributed by atoms with van der Waals surface area (Å²) in [5, 5.41) is 3.41.